The molecule has 1 saturated heterocycles. The summed E-state index contributed by atoms with van der Waals surface area (Å²) in [7, 11) is -3.84. The molecule has 1 amide bonds. The number of anilines is 2. The number of benzene rings is 1. The molecule has 33 heavy (non-hydrogen) atoms. The van der Waals surface area contributed by atoms with Crippen LogP contribution in [0.5, 0.6) is 5.88 Å². The third-order valence-electron chi connectivity index (χ3n) is 4.86. The van der Waals surface area contributed by atoms with Crippen molar-refractivity contribution in [1.29, 1.82) is 0 Å². The highest BCUT2D eigenvalue weighted by atomic mass is 32.2. The lowest BCUT2D eigenvalue weighted by Crippen LogP contribution is -2.20. The number of halogens is 2. The summed E-state index contributed by atoms with van der Waals surface area (Å²) in [5.41, 5.74) is -0.921. The maximum absolute atomic E-state index is 14.9. The number of carbonyl (C=O) groups is 1. The molecule has 2 aromatic heterocycles. The SMILES string of the molecule is CCCS(=O)(=O)Nc1ccc(F)c(C(=O)Nc2cnc3[nH]nc(O[C@@H]4CCOC4)c3c2)c1F. The van der Waals surface area contributed by atoms with Gasteiger partial charge < -0.3 is 14.8 Å². The van der Waals surface area contributed by atoms with Crippen molar-refractivity contribution < 1.29 is 31.5 Å². The highest BCUT2D eigenvalue weighted by Gasteiger charge is 2.24. The van der Waals surface area contributed by atoms with Crippen LogP contribution in [-0.4, -0.2) is 54.6 Å². The summed E-state index contributed by atoms with van der Waals surface area (Å²) in [4.78, 5) is 16.8. The zero-order valence-electron chi connectivity index (χ0n) is 17.5. The molecule has 0 unspecified atom stereocenters. The highest BCUT2D eigenvalue weighted by Crippen LogP contribution is 2.28. The number of sulfonamides is 1. The lowest BCUT2D eigenvalue weighted by Gasteiger charge is -2.12. The van der Waals surface area contributed by atoms with E-state index in [1.807, 2.05) is 4.72 Å². The van der Waals surface area contributed by atoms with Crippen molar-refractivity contribution in [3.05, 3.63) is 41.6 Å². The van der Waals surface area contributed by atoms with Gasteiger partial charge in [0.25, 0.3) is 5.91 Å². The minimum Gasteiger partial charge on any atom is -0.470 e. The Morgan fingerprint density at radius 2 is 2.18 bits per heavy atom. The number of pyridine rings is 1. The third kappa shape index (κ3) is 5.03. The van der Waals surface area contributed by atoms with Gasteiger partial charge in [-0.05, 0) is 24.6 Å². The number of H-pyrrole nitrogens is 1. The molecule has 4 rings (SSSR count). The number of aromatic amines is 1. The summed E-state index contributed by atoms with van der Waals surface area (Å²) in [5.74, 6) is -3.58. The average Bonchev–Trinajstić information content (AvgIpc) is 3.41. The van der Waals surface area contributed by atoms with E-state index in [0.717, 1.165) is 12.1 Å². The highest BCUT2D eigenvalue weighted by molar-refractivity contribution is 7.92. The van der Waals surface area contributed by atoms with Gasteiger partial charge in [-0.1, -0.05) is 6.92 Å². The predicted molar refractivity (Wildman–Crippen MR) is 116 cm³/mol. The summed E-state index contributed by atoms with van der Waals surface area (Å²) in [6.45, 7) is 2.65. The minimum atomic E-state index is -3.84. The second kappa shape index (κ2) is 9.27. The van der Waals surface area contributed by atoms with Crippen LogP contribution in [-0.2, 0) is 14.8 Å². The maximum atomic E-state index is 14.9. The van der Waals surface area contributed by atoms with E-state index in [0.29, 0.717) is 37.1 Å². The van der Waals surface area contributed by atoms with Gasteiger partial charge in [-0.2, -0.15) is 0 Å². The van der Waals surface area contributed by atoms with Crippen LogP contribution in [0.2, 0.25) is 0 Å². The van der Waals surface area contributed by atoms with E-state index in [1.165, 1.54) is 12.3 Å². The van der Waals surface area contributed by atoms with E-state index >= 15 is 0 Å². The first-order valence-corrected chi connectivity index (χ1v) is 11.8. The molecule has 13 heteroatoms. The van der Waals surface area contributed by atoms with Gasteiger partial charge in [-0.3, -0.25) is 14.6 Å². The molecular formula is C20H21F2N5O5S. The Morgan fingerprint density at radius 1 is 1.36 bits per heavy atom. The van der Waals surface area contributed by atoms with Gasteiger partial charge in [-0.15, -0.1) is 5.10 Å². The van der Waals surface area contributed by atoms with Gasteiger partial charge in [0.15, 0.2) is 11.5 Å². The number of amides is 1. The molecule has 176 valence electrons. The van der Waals surface area contributed by atoms with E-state index < -0.39 is 38.8 Å². The molecule has 3 aromatic rings. The van der Waals surface area contributed by atoms with Crippen molar-refractivity contribution >= 4 is 38.3 Å². The molecule has 1 aliphatic rings. The van der Waals surface area contributed by atoms with Crippen molar-refractivity contribution in [2.24, 2.45) is 0 Å². The number of ether oxygens (including phenoxy) is 2. The third-order valence-corrected chi connectivity index (χ3v) is 6.34. The first-order valence-electron chi connectivity index (χ1n) is 10.2. The standard InChI is InChI=1S/C20H21F2N5O5S/c1-2-7-33(29,30)27-15-4-3-14(21)16(17(15)22)19(28)24-11-8-13-18(23-9-11)25-26-20(13)32-12-5-6-31-10-12/h3-4,8-9,12,27H,2,5-7,10H2,1H3,(H,24,28)(H,23,25,26)/t12-/m1/s1. The average molecular weight is 481 g/mol. The number of nitrogens with zero attached hydrogens (tertiary/aromatic N) is 2. The first-order chi connectivity index (χ1) is 15.8. The smallest absolute Gasteiger partial charge is 0.261 e. The number of fused-ring (bicyclic) bond motifs is 1. The Labute approximate surface area is 187 Å². The summed E-state index contributed by atoms with van der Waals surface area (Å²) < 4.78 is 66.2. The fourth-order valence-corrected chi connectivity index (χ4v) is 4.46. The Kier molecular flexibility index (Phi) is 6.42. The largest absolute Gasteiger partial charge is 0.470 e. The van der Waals surface area contributed by atoms with Crippen LogP contribution in [0.15, 0.2) is 24.4 Å². The fraction of sp³-hybridized carbons (Fsp3) is 0.350. The van der Waals surface area contributed by atoms with Crippen LogP contribution in [0.4, 0.5) is 20.2 Å². The van der Waals surface area contributed by atoms with Crippen molar-refractivity contribution in [2.45, 2.75) is 25.9 Å². The molecule has 0 bridgehead atoms. The van der Waals surface area contributed by atoms with Crippen LogP contribution < -0.4 is 14.8 Å². The van der Waals surface area contributed by atoms with Gasteiger partial charge in [0.05, 0.1) is 41.9 Å². The topological polar surface area (TPSA) is 135 Å². The van der Waals surface area contributed by atoms with E-state index in [4.69, 9.17) is 9.47 Å². The molecule has 3 heterocycles. The molecule has 1 atom stereocenters. The monoisotopic (exact) mass is 481 g/mol. The summed E-state index contributed by atoms with van der Waals surface area (Å²) in [6, 6.07) is 3.23. The number of hydrogen-bond donors (Lipinski definition) is 3. The fourth-order valence-electron chi connectivity index (χ4n) is 3.32. The van der Waals surface area contributed by atoms with Crippen LogP contribution >= 0.6 is 0 Å². The molecule has 1 aliphatic heterocycles. The first kappa shape index (κ1) is 22.9. The van der Waals surface area contributed by atoms with Gasteiger partial charge in [0, 0.05) is 6.42 Å². The van der Waals surface area contributed by atoms with Crippen LogP contribution in [0, 0.1) is 11.6 Å². The zero-order chi connectivity index (χ0) is 23.6. The number of hydrogen-bond acceptors (Lipinski definition) is 7. The Balaban J connectivity index is 1.58. The molecule has 3 N–H and O–H groups in total. The molecule has 1 fully saturated rings. The molecule has 0 aliphatic carbocycles. The van der Waals surface area contributed by atoms with E-state index in [1.54, 1.807) is 6.92 Å². The summed E-state index contributed by atoms with van der Waals surface area (Å²) >= 11 is 0. The maximum Gasteiger partial charge on any atom is 0.261 e. The lowest BCUT2D eigenvalue weighted by atomic mass is 10.1. The normalized spacial score (nSPS) is 16.2. The van der Waals surface area contributed by atoms with Crippen LogP contribution in [0.25, 0.3) is 11.0 Å². The van der Waals surface area contributed by atoms with Gasteiger partial charge >= 0.3 is 0 Å². The molecule has 1 aromatic carbocycles. The second-order valence-corrected chi connectivity index (χ2v) is 9.25. The molecule has 10 nitrogen and oxygen atoms in total. The van der Waals surface area contributed by atoms with Crippen LogP contribution in [0.1, 0.15) is 30.1 Å². The van der Waals surface area contributed by atoms with Crippen molar-refractivity contribution in [3.8, 4) is 5.88 Å². The quantitative estimate of drug-likeness (QED) is 0.450. The van der Waals surface area contributed by atoms with Crippen LogP contribution in [0.3, 0.4) is 0 Å². The molecule has 0 saturated carbocycles. The number of carbonyl (C=O) groups excluding carboxylic acids is 1. The number of rotatable bonds is 8. The summed E-state index contributed by atoms with van der Waals surface area (Å²) in [5, 5.41) is 9.61. The second-order valence-electron chi connectivity index (χ2n) is 7.41. The number of aromatic nitrogens is 3. The lowest BCUT2D eigenvalue weighted by molar-refractivity contribution is 0.101. The molecule has 0 radical (unpaired) electrons. The molecule has 0 spiro atoms. The van der Waals surface area contributed by atoms with Crippen molar-refractivity contribution in [3.63, 3.8) is 0 Å². The van der Waals surface area contributed by atoms with E-state index in [-0.39, 0.29) is 23.4 Å². The minimum absolute atomic E-state index is 0.136. The Hall–Kier alpha value is -3.32. The molecular weight excluding hydrogens is 460 g/mol. The zero-order valence-corrected chi connectivity index (χ0v) is 18.3. The Morgan fingerprint density at radius 3 is 2.91 bits per heavy atom. The summed E-state index contributed by atoms with van der Waals surface area (Å²) in [6.07, 6.45) is 2.12. The van der Waals surface area contributed by atoms with Gasteiger partial charge in [0.1, 0.15) is 17.5 Å². The van der Waals surface area contributed by atoms with Crippen molar-refractivity contribution in [1.82, 2.24) is 15.2 Å². The van der Waals surface area contributed by atoms with E-state index in [2.05, 4.69) is 20.5 Å². The number of nitrogens with one attached hydrogen (secondary N) is 3. The Bertz CT molecular complexity index is 1290. The van der Waals surface area contributed by atoms with Crippen molar-refractivity contribution in [2.75, 3.05) is 29.0 Å². The van der Waals surface area contributed by atoms with Gasteiger partial charge in [-0.25, -0.2) is 22.2 Å². The van der Waals surface area contributed by atoms with Gasteiger partial charge in [0.2, 0.25) is 15.9 Å². The predicted octanol–water partition coefficient (Wildman–Crippen LogP) is 2.81. The van der Waals surface area contributed by atoms with E-state index in [9.17, 15) is 22.0 Å².